The Hall–Kier alpha value is -1.78. The number of carboxylic acids is 1. The van der Waals surface area contributed by atoms with E-state index in [1.165, 1.54) is 6.26 Å². The molecular weight excluding hydrogens is 222 g/mol. The van der Waals surface area contributed by atoms with Crippen LogP contribution in [0.1, 0.15) is 37.4 Å². The molecule has 0 saturated heterocycles. The Bertz CT molecular complexity index is 395. The molecular formula is C12H15NO4. The molecule has 1 aromatic heterocycles. The van der Waals surface area contributed by atoms with Gasteiger partial charge in [-0.25, -0.2) is 0 Å². The second-order valence-corrected chi connectivity index (χ2v) is 4.28. The van der Waals surface area contributed by atoms with E-state index in [0.29, 0.717) is 5.76 Å². The molecule has 1 amide bonds. The van der Waals surface area contributed by atoms with Crippen LogP contribution in [-0.4, -0.2) is 23.0 Å². The van der Waals surface area contributed by atoms with Crippen LogP contribution in [0.25, 0.3) is 0 Å². The molecule has 0 aliphatic heterocycles. The van der Waals surface area contributed by atoms with E-state index in [9.17, 15) is 9.59 Å². The van der Waals surface area contributed by atoms with Crippen molar-refractivity contribution in [2.24, 2.45) is 0 Å². The van der Waals surface area contributed by atoms with Crippen LogP contribution >= 0.6 is 0 Å². The van der Waals surface area contributed by atoms with Gasteiger partial charge in [0.05, 0.1) is 12.2 Å². The van der Waals surface area contributed by atoms with Gasteiger partial charge in [-0.15, -0.1) is 0 Å². The smallest absolute Gasteiger partial charge is 0.303 e. The van der Waals surface area contributed by atoms with E-state index in [-0.39, 0.29) is 24.8 Å². The van der Waals surface area contributed by atoms with E-state index in [0.717, 1.165) is 12.8 Å². The van der Waals surface area contributed by atoms with Crippen molar-refractivity contribution >= 4 is 11.9 Å². The number of carboxylic acid groups (broad SMARTS) is 1. The predicted molar refractivity (Wildman–Crippen MR) is 59.5 cm³/mol. The fraction of sp³-hybridized carbons (Fsp3) is 0.500. The van der Waals surface area contributed by atoms with E-state index >= 15 is 0 Å². The molecule has 17 heavy (non-hydrogen) atoms. The lowest BCUT2D eigenvalue weighted by atomic mass is 9.99. The number of hydrogen-bond donors (Lipinski definition) is 2. The number of furan rings is 1. The summed E-state index contributed by atoms with van der Waals surface area (Å²) >= 11 is 0. The molecule has 1 unspecified atom stereocenters. The largest absolute Gasteiger partial charge is 0.481 e. The minimum absolute atomic E-state index is 0.0382. The van der Waals surface area contributed by atoms with Crippen molar-refractivity contribution < 1.29 is 19.1 Å². The van der Waals surface area contributed by atoms with Gasteiger partial charge in [-0.05, 0) is 31.4 Å². The second-order valence-electron chi connectivity index (χ2n) is 4.28. The molecule has 1 fully saturated rings. The third-order valence-corrected chi connectivity index (χ3v) is 2.77. The predicted octanol–water partition coefficient (Wildman–Crippen LogP) is 1.51. The number of rotatable bonds is 6. The molecule has 1 heterocycles. The van der Waals surface area contributed by atoms with Crippen molar-refractivity contribution in [2.75, 3.05) is 0 Å². The van der Waals surface area contributed by atoms with Crippen LogP contribution < -0.4 is 5.32 Å². The van der Waals surface area contributed by atoms with Crippen LogP contribution in [0.15, 0.2) is 22.8 Å². The summed E-state index contributed by atoms with van der Waals surface area (Å²) in [6, 6.07) is 3.68. The van der Waals surface area contributed by atoms with E-state index in [1.54, 1.807) is 12.1 Å². The monoisotopic (exact) mass is 237 g/mol. The van der Waals surface area contributed by atoms with Crippen molar-refractivity contribution in [2.45, 2.75) is 37.6 Å². The molecule has 92 valence electrons. The fourth-order valence-electron chi connectivity index (χ4n) is 1.69. The summed E-state index contributed by atoms with van der Waals surface area (Å²) in [5, 5.41) is 11.5. The van der Waals surface area contributed by atoms with Gasteiger partial charge in [-0.1, -0.05) is 0 Å². The zero-order valence-electron chi connectivity index (χ0n) is 9.39. The van der Waals surface area contributed by atoms with Gasteiger partial charge in [-0.2, -0.15) is 0 Å². The zero-order valence-corrected chi connectivity index (χ0v) is 9.39. The Morgan fingerprint density at radius 3 is 2.82 bits per heavy atom. The van der Waals surface area contributed by atoms with Crippen LogP contribution in [0.5, 0.6) is 0 Å². The topological polar surface area (TPSA) is 79.5 Å². The molecule has 0 radical (unpaired) electrons. The van der Waals surface area contributed by atoms with E-state index in [4.69, 9.17) is 9.52 Å². The van der Waals surface area contributed by atoms with Crippen LogP contribution in [0.4, 0.5) is 0 Å². The molecule has 1 aliphatic rings. The summed E-state index contributed by atoms with van der Waals surface area (Å²) in [6.45, 7) is 0. The molecule has 1 aromatic rings. The zero-order chi connectivity index (χ0) is 12.3. The highest BCUT2D eigenvalue weighted by molar-refractivity contribution is 5.84. The fourth-order valence-corrected chi connectivity index (χ4v) is 1.69. The second kappa shape index (κ2) is 5.03. The number of amides is 1. The Kier molecular flexibility index (Phi) is 3.46. The summed E-state index contributed by atoms with van der Waals surface area (Å²) in [5.74, 6) is -1.00. The number of nitrogens with one attached hydrogen (secondary N) is 1. The van der Waals surface area contributed by atoms with Crippen LogP contribution in [0.3, 0.4) is 0 Å². The Balaban J connectivity index is 2.00. The van der Waals surface area contributed by atoms with Gasteiger partial charge in [0.25, 0.3) is 0 Å². The van der Waals surface area contributed by atoms with Gasteiger partial charge in [0.15, 0.2) is 0 Å². The van der Waals surface area contributed by atoms with Gasteiger partial charge in [0, 0.05) is 12.5 Å². The molecule has 2 N–H and O–H groups in total. The molecule has 0 bridgehead atoms. The number of aliphatic carboxylic acids is 1. The summed E-state index contributed by atoms with van der Waals surface area (Å²) in [6.07, 6.45) is 3.74. The molecule has 1 atom stereocenters. The van der Waals surface area contributed by atoms with Gasteiger partial charge in [-0.3, -0.25) is 9.59 Å². The quantitative estimate of drug-likeness (QED) is 0.785. The summed E-state index contributed by atoms with van der Waals surface area (Å²) in [4.78, 5) is 22.5. The highest BCUT2D eigenvalue weighted by Crippen LogP contribution is 2.25. The van der Waals surface area contributed by atoms with E-state index in [2.05, 4.69) is 5.32 Å². The summed E-state index contributed by atoms with van der Waals surface area (Å²) < 4.78 is 5.20. The van der Waals surface area contributed by atoms with Crippen LogP contribution in [-0.2, 0) is 9.59 Å². The molecule has 1 aliphatic carbocycles. The highest BCUT2D eigenvalue weighted by atomic mass is 16.4. The van der Waals surface area contributed by atoms with Crippen molar-refractivity contribution in [1.29, 1.82) is 0 Å². The lowest BCUT2D eigenvalue weighted by Crippen LogP contribution is -2.31. The molecule has 5 nitrogen and oxygen atoms in total. The maximum atomic E-state index is 11.9. The standard InChI is InChI=1S/C12H15NO4/c14-11(15)6-5-9(10-2-1-7-17-10)12(16)13-8-3-4-8/h1-2,7-9H,3-6H2,(H,13,16)(H,14,15). The average molecular weight is 237 g/mol. The third-order valence-electron chi connectivity index (χ3n) is 2.77. The van der Waals surface area contributed by atoms with Crippen molar-refractivity contribution in [1.82, 2.24) is 5.32 Å². The molecule has 5 heteroatoms. The van der Waals surface area contributed by atoms with Crippen molar-refractivity contribution in [3.05, 3.63) is 24.2 Å². The van der Waals surface area contributed by atoms with E-state index in [1.807, 2.05) is 0 Å². The first kappa shape index (κ1) is 11.7. The molecule has 0 aromatic carbocycles. The average Bonchev–Trinajstić information content (AvgIpc) is 2.92. The number of hydrogen-bond acceptors (Lipinski definition) is 3. The lowest BCUT2D eigenvalue weighted by Gasteiger charge is -2.13. The maximum Gasteiger partial charge on any atom is 0.303 e. The highest BCUT2D eigenvalue weighted by Gasteiger charge is 2.29. The summed E-state index contributed by atoms with van der Waals surface area (Å²) in [5.41, 5.74) is 0. The first-order chi connectivity index (χ1) is 8.16. The molecule has 1 saturated carbocycles. The SMILES string of the molecule is O=C(O)CCC(C(=O)NC1CC1)c1ccco1. The Morgan fingerprint density at radius 2 is 2.29 bits per heavy atom. The third kappa shape index (κ3) is 3.34. The van der Waals surface area contributed by atoms with E-state index < -0.39 is 11.9 Å². The van der Waals surface area contributed by atoms with Gasteiger partial charge in [0.2, 0.25) is 5.91 Å². The van der Waals surface area contributed by atoms with Gasteiger partial charge >= 0.3 is 5.97 Å². The van der Waals surface area contributed by atoms with Gasteiger partial charge in [0.1, 0.15) is 5.76 Å². The van der Waals surface area contributed by atoms with Crippen LogP contribution in [0.2, 0.25) is 0 Å². The lowest BCUT2D eigenvalue weighted by molar-refractivity contribution is -0.137. The number of carbonyl (C=O) groups excluding carboxylic acids is 1. The minimum atomic E-state index is -0.902. The normalized spacial score (nSPS) is 16.5. The molecule has 2 rings (SSSR count). The van der Waals surface area contributed by atoms with Crippen molar-refractivity contribution in [3.8, 4) is 0 Å². The Labute approximate surface area is 98.8 Å². The Morgan fingerprint density at radius 1 is 1.53 bits per heavy atom. The first-order valence-corrected chi connectivity index (χ1v) is 5.72. The van der Waals surface area contributed by atoms with Crippen molar-refractivity contribution in [3.63, 3.8) is 0 Å². The molecule has 0 spiro atoms. The minimum Gasteiger partial charge on any atom is -0.481 e. The maximum absolute atomic E-state index is 11.9. The van der Waals surface area contributed by atoms with Gasteiger partial charge < -0.3 is 14.8 Å². The summed E-state index contributed by atoms with van der Waals surface area (Å²) in [7, 11) is 0. The first-order valence-electron chi connectivity index (χ1n) is 5.72. The number of carbonyl (C=O) groups is 2. The van der Waals surface area contributed by atoms with Crippen LogP contribution in [0, 0.1) is 0 Å².